The SMILES string of the molecule is CC(=O)Nc1cc(-c2ccc(OC[C@@H](N)CC(C)C)cc2)ccn1. The molecule has 24 heavy (non-hydrogen) atoms. The van der Waals surface area contributed by atoms with Gasteiger partial charge in [0.05, 0.1) is 0 Å². The first-order valence-electron chi connectivity index (χ1n) is 8.16. The molecule has 1 atom stereocenters. The monoisotopic (exact) mass is 327 g/mol. The Morgan fingerprint density at radius 3 is 2.54 bits per heavy atom. The molecular formula is C19H25N3O2. The number of ether oxygens (including phenoxy) is 1. The van der Waals surface area contributed by atoms with Gasteiger partial charge >= 0.3 is 0 Å². The van der Waals surface area contributed by atoms with Crippen molar-refractivity contribution in [3.63, 3.8) is 0 Å². The van der Waals surface area contributed by atoms with Gasteiger partial charge in [0.1, 0.15) is 18.2 Å². The Balaban J connectivity index is 2.00. The Kier molecular flexibility index (Phi) is 6.32. The largest absolute Gasteiger partial charge is 0.492 e. The minimum Gasteiger partial charge on any atom is -0.492 e. The van der Waals surface area contributed by atoms with Gasteiger partial charge in [-0.3, -0.25) is 4.79 Å². The number of aromatic nitrogens is 1. The summed E-state index contributed by atoms with van der Waals surface area (Å²) in [6.07, 6.45) is 2.62. The summed E-state index contributed by atoms with van der Waals surface area (Å²) >= 11 is 0. The zero-order chi connectivity index (χ0) is 17.5. The second-order valence-electron chi connectivity index (χ2n) is 6.34. The summed E-state index contributed by atoms with van der Waals surface area (Å²) in [5.74, 6) is 1.77. The summed E-state index contributed by atoms with van der Waals surface area (Å²) in [6, 6.07) is 11.6. The van der Waals surface area contributed by atoms with E-state index in [1.165, 1.54) is 6.92 Å². The van der Waals surface area contributed by atoms with Crippen molar-refractivity contribution in [3.05, 3.63) is 42.6 Å². The molecule has 2 rings (SSSR count). The lowest BCUT2D eigenvalue weighted by Gasteiger charge is -2.15. The van der Waals surface area contributed by atoms with Crippen LogP contribution in [0, 0.1) is 5.92 Å². The van der Waals surface area contributed by atoms with Crippen molar-refractivity contribution in [2.24, 2.45) is 11.7 Å². The second-order valence-corrected chi connectivity index (χ2v) is 6.34. The summed E-state index contributed by atoms with van der Waals surface area (Å²) in [7, 11) is 0. The third-order valence-corrected chi connectivity index (χ3v) is 3.49. The predicted octanol–water partition coefficient (Wildman–Crippen LogP) is 3.46. The highest BCUT2D eigenvalue weighted by molar-refractivity contribution is 5.88. The highest BCUT2D eigenvalue weighted by Crippen LogP contribution is 2.24. The van der Waals surface area contributed by atoms with Crippen LogP contribution in [0.2, 0.25) is 0 Å². The molecule has 0 saturated carbocycles. The Morgan fingerprint density at radius 1 is 1.21 bits per heavy atom. The van der Waals surface area contributed by atoms with Gasteiger partial charge < -0.3 is 15.8 Å². The first kappa shape index (κ1) is 17.9. The Morgan fingerprint density at radius 2 is 1.92 bits per heavy atom. The predicted molar refractivity (Wildman–Crippen MR) is 96.9 cm³/mol. The van der Waals surface area contributed by atoms with E-state index in [0.717, 1.165) is 23.3 Å². The highest BCUT2D eigenvalue weighted by atomic mass is 16.5. The van der Waals surface area contributed by atoms with E-state index in [2.05, 4.69) is 24.1 Å². The van der Waals surface area contributed by atoms with Crippen molar-refractivity contribution >= 4 is 11.7 Å². The normalized spacial score (nSPS) is 12.0. The molecule has 2 aromatic rings. The van der Waals surface area contributed by atoms with Crippen LogP contribution in [0.15, 0.2) is 42.6 Å². The molecule has 1 aromatic heterocycles. The molecule has 0 unspecified atom stereocenters. The molecule has 5 heteroatoms. The number of nitrogens with zero attached hydrogens (tertiary/aromatic N) is 1. The minimum atomic E-state index is -0.138. The zero-order valence-electron chi connectivity index (χ0n) is 14.5. The molecule has 0 saturated heterocycles. The number of pyridine rings is 1. The molecule has 128 valence electrons. The van der Waals surface area contributed by atoms with Crippen molar-refractivity contribution in [1.29, 1.82) is 0 Å². The van der Waals surface area contributed by atoms with Crippen molar-refractivity contribution in [3.8, 4) is 16.9 Å². The first-order chi connectivity index (χ1) is 11.4. The molecular weight excluding hydrogens is 302 g/mol. The Hall–Kier alpha value is -2.40. The van der Waals surface area contributed by atoms with E-state index in [-0.39, 0.29) is 11.9 Å². The molecule has 0 bridgehead atoms. The van der Waals surface area contributed by atoms with Crippen LogP contribution in [-0.4, -0.2) is 23.5 Å². The molecule has 0 spiro atoms. The van der Waals surface area contributed by atoms with Gasteiger partial charge in [0.2, 0.25) is 5.91 Å². The molecule has 0 radical (unpaired) electrons. The van der Waals surface area contributed by atoms with Crippen molar-refractivity contribution in [2.45, 2.75) is 33.2 Å². The maximum absolute atomic E-state index is 11.1. The maximum atomic E-state index is 11.1. The number of carbonyl (C=O) groups excluding carboxylic acids is 1. The number of hydrogen-bond donors (Lipinski definition) is 2. The number of anilines is 1. The van der Waals surface area contributed by atoms with Gasteiger partial charge in [0.15, 0.2) is 0 Å². The highest BCUT2D eigenvalue weighted by Gasteiger charge is 2.07. The van der Waals surface area contributed by atoms with Crippen LogP contribution in [0.3, 0.4) is 0 Å². The van der Waals surface area contributed by atoms with Gasteiger partial charge in [-0.05, 0) is 47.7 Å². The molecule has 0 aliphatic heterocycles. The Labute approximate surface area is 143 Å². The van der Waals surface area contributed by atoms with E-state index >= 15 is 0 Å². The van der Waals surface area contributed by atoms with Gasteiger partial charge in [-0.25, -0.2) is 4.98 Å². The van der Waals surface area contributed by atoms with E-state index in [1.807, 2.05) is 36.4 Å². The molecule has 5 nitrogen and oxygen atoms in total. The number of nitrogens with two attached hydrogens (primary N) is 1. The van der Waals surface area contributed by atoms with Crippen molar-refractivity contribution < 1.29 is 9.53 Å². The quantitative estimate of drug-likeness (QED) is 0.816. The lowest BCUT2D eigenvalue weighted by molar-refractivity contribution is -0.114. The smallest absolute Gasteiger partial charge is 0.222 e. The van der Waals surface area contributed by atoms with Crippen molar-refractivity contribution in [1.82, 2.24) is 4.98 Å². The number of nitrogens with one attached hydrogen (secondary N) is 1. The van der Waals surface area contributed by atoms with Gasteiger partial charge in [-0.15, -0.1) is 0 Å². The average Bonchev–Trinajstić information content (AvgIpc) is 2.52. The summed E-state index contributed by atoms with van der Waals surface area (Å²) in [5.41, 5.74) is 8.05. The zero-order valence-corrected chi connectivity index (χ0v) is 14.5. The third kappa shape index (κ3) is 5.66. The lowest BCUT2D eigenvalue weighted by Crippen LogP contribution is -2.29. The first-order valence-corrected chi connectivity index (χ1v) is 8.16. The average molecular weight is 327 g/mol. The van der Waals surface area contributed by atoms with Gasteiger partial charge in [0, 0.05) is 19.2 Å². The Bertz CT molecular complexity index is 669. The summed E-state index contributed by atoms with van der Waals surface area (Å²) in [4.78, 5) is 15.2. The van der Waals surface area contributed by atoms with Crippen LogP contribution >= 0.6 is 0 Å². The van der Waals surface area contributed by atoms with Crippen LogP contribution in [0.25, 0.3) is 11.1 Å². The van der Waals surface area contributed by atoms with Gasteiger partial charge in [0.25, 0.3) is 0 Å². The standard InChI is InChI=1S/C19H25N3O2/c1-13(2)10-17(20)12-24-18-6-4-15(5-7-18)16-8-9-21-19(11-16)22-14(3)23/h4-9,11,13,17H,10,12,20H2,1-3H3,(H,21,22,23)/t17-/m0/s1. The van der Waals surface area contributed by atoms with E-state index in [1.54, 1.807) is 6.20 Å². The molecule has 1 heterocycles. The van der Waals surface area contributed by atoms with Crippen LogP contribution < -0.4 is 15.8 Å². The topological polar surface area (TPSA) is 77.2 Å². The minimum absolute atomic E-state index is 0.0464. The molecule has 3 N–H and O–H groups in total. The fourth-order valence-electron chi connectivity index (χ4n) is 2.48. The van der Waals surface area contributed by atoms with Crippen LogP contribution in [0.4, 0.5) is 5.82 Å². The molecule has 0 fully saturated rings. The number of rotatable bonds is 7. The number of hydrogen-bond acceptors (Lipinski definition) is 4. The van der Waals surface area contributed by atoms with E-state index in [4.69, 9.17) is 10.5 Å². The molecule has 0 aliphatic carbocycles. The van der Waals surface area contributed by atoms with E-state index in [9.17, 15) is 4.79 Å². The summed E-state index contributed by atoms with van der Waals surface area (Å²) in [5, 5.41) is 2.69. The fraction of sp³-hybridized carbons (Fsp3) is 0.368. The summed E-state index contributed by atoms with van der Waals surface area (Å²) in [6.45, 7) is 6.28. The van der Waals surface area contributed by atoms with E-state index < -0.39 is 0 Å². The fourth-order valence-corrected chi connectivity index (χ4v) is 2.48. The maximum Gasteiger partial charge on any atom is 0.222 e. The van der Waals surface area contributed by atoms with Crippen LogP contribution in [-0.2, 0) is 4.79 Å². The van der Waals surface area contributed by atoms with Crippen molar-refractivity contribution in [2.75, 3.05) is 11.9 Å². The van der Waals surface area contributed by atoms with Crippen LogP contribution in [0.5, 0.6) is 5.75 Å². The number of benzene rings is 1. The number of amides is 1. The third-order valence-electron chi connectivity index (χ3n) is 3.49. The van der Waals surface area contributed by atoms with Gasteiger partial charge in [-0.1, -0.05) is 26.0 Å². The number of carbonyl (C=O) groups is 1. The molecule has 0 aliphatic rings. The van der Waals surface area contributed by atoms with E-state index in [0.29, 0.717) is 18.3 Å². The van der Waals surface area contributed by atoms with Gasteiger partial charge in [-0.2, -0.15) is 0 Å². The lowest BCUT2D eigenvalue weighted by atomic mass is 10.1. The summed E-state index contributed by atoms with van der Waals surface area (Å²) < 4.78 is 5.74. The molecule has 1 aromatic carbocycles. The second kappa shape index (κ2) is 8.45. The van der Waals surface area contributed by atoms with Crippen LogP contribution in [0.1, 0.15) is 27.2 Å². The molecule has 1 amide bonds.